The van der Waals surface area contributed by atoms with E-state index in [2.05, 4.69) is 33.9 Å². The number of nitrogens with zero attached hydrogens (tertiary/aromatic N) is 4. The number of aliphatic imine (C=N–C) groups is 1. The Labute approximate surface area is 83.7 Å². The Morgan fingerprint density at radius 3 is 2.93 bits per heavy atom. The maximum Gasteiger partial charge on any atom is 0.302 e. The van der Waals surface area contributed by atoms with Crippen LogP contribution in [0.25, 0.3) is 0 Å². The van der Waals surface area contributed by atoms with Gasteiger partial charge in [0.05, 0.1) is 7.05 Å². The van der Waals surface area contributed by atoms with E-state index in [1.165, 1.54) is 0 Å². The molecule has 1 aromatic rings. The van der Waals surface area contributed by atoms with Crippen molar-refractivity contribution in [3.8, 4) is 0 Å². The molecule has 1 unspecified atom stereocenters. The van der Waals surface area contributed by atoms with Crippen molar-refractivity contribution in [3.05, 3.63) is 12.0 Å². The van der Waals surface area contributed by atoms with Crippen LogP contribution < -0.4 is 4.57 Å². The van der Waals surface area contributed by atoms with Gasteiger partial charge in [0.15, 0.2) is 18.4 Å². The molecule has 5 heteroatoms. The summed E-state index contributed by atoms with van der Waals surface area (Å²) in [6.07, 6.45) is 4.03. The molecule has 0 aliphatic carbocycles. The van der Waals surface area contributed by atoms with E-state index in [0.717, 1.165) is 11.5 Å². The number of nitrogens with one attached hydrogen (secondary N) is 1. The van der Waals surface area contributed by atoms with E-state index in [9.17, 15) is 0 Å². The third-order valence-electron chi connectivity index (χ3n) is 2.48. The van der Waals surface area contributed by atoms with Crippen LogP contribution in [-0.2, 0) is 7.05 Å². The molecule has 1 atom stereocenters. The zero-order valence-corrected chi connectivity index (χ0v) is 9.02. The van der Waals surface area contributed by atoms with E-state index >= 15 is 0 Å². The Hall–Kier alpha value is -1.36. The highest BCUT2D eigenvalue weighted by Gasteiger charge is 2.32. The fourth-order valence-electron chi connectivity index (χ4n) is 1.87. The number of aromatic amines is 1. The molecule has 1 N–H and O–H groups in total. The number of aryl methyl sites for hydroxylation is 1. The molecule has 0 spiro atoms. The summed E-state index contributed by atoms with van der Waals surface area (Å²) in [5.74, 6) is 1.00. The molecule has 0 saturated carbocycles. The Morgan fingerprint density at radius 2 is 2.29 bits per heavy atom. The van der Waals surface area contributed by atoms with Crippen molar-refractivity contribution in [1.29, 1.82) is 0 Å². The van der Waals surface area contributed by atoms with E-state index in [1.807, 2.05) is 31.3 Å². The first-order valence-corrected chi connectivity index (χ1v) is 4.60. The fourth-order valence-corrected chi connectivity index (χ4v) is 1.87. The summed E-state index contributed by atoms with van der Waals surface area (Å²) in [5.41, 5.74) is 1.14. The quantitative estimate of drug-likeness (QED) is 0.639. The van der Waals surface area contributed by atoms with Crippen LogP contribution in [0.15, 0.2) is 11.3 Å². The van der Waals surface area contributed by atoms with Crippen molar-refractivity contribution in [2.75, 3.05) is 21.1 Å². The van der Waals surface area contributed by atoms with Crippen molar-refractivity contribution in [2.45, 2.75) is 6.17 Å². The highest BCUT2D eigenvalue weighted by Crippen LogP contribution is 2.28. The average molecular weight is 194 g/mol. The van der Waals surface area contributed by atoms with Crippen LogP contribution in [0.1, 0.15) is 11.9 Å². The molecular formula is C9H16N5+. The molecule has 0 fully saturated rings. The van der Waals surface area contributed by atoms with Gasteiger partial charge in [0.1, 0.15) is 6.17 Å². The minimum absolute atomic E-state index is 0.240. The maximum atomic E-state index is 4.37. The first kappa shape index (κ1) is 9.21. The Kier molecular flexibility index (Phi) is 2.03. The molecule has 2 rings (SSSR count). The van der Waals surface area contributed by atoms with Crippen LogP contribution in [0.4, 0.5) is 5.82 Å². The van der Waals surface area contributed by atoms with Gasteiger partial charge in [-0.1, -0.05) is 4.99 Å². The van der Waals surface area contributed by atoms with Crippen molar-refractivity contribution < 1.29 is 4.57 Å². The molecular weight excluding hydrogens is 178 g/mol. The van der Waals surface area contributed by atoms with Crippen LogP contribution in [0.2, 0.25) is 0 Å². The van der Waals surface area contributed by atoms with Gasteiger partial charge in [-0.15, -0.1) is 0 Å². The van der Waals surface area contributed by atoms with Crippen LogP contribution in [0.5, 0.6) is 0 Å². The summed E-state index contributed by atoms with van der Waals surface area (Å²) >= 11 is 0. The van der Waals surface area contributed by atoms with E-state index in [-0.39, 0.29) is 6.17 Å². The largest absolute Gasteiger partial charge is 0.329 e. The lowest BCUT2D eigenvalue weighted by atomic mass is 10.2. The van der Waals surface area contributed by atoms with Gasteiger partial charge in [0.25, 0.3) is 0 Å². The van der Waals surface area contributed by atoms with Gasteiger partial charge in [0.2, 0.25) is 0 Å². The molecule has 1 aliphatic rings. The summed E-state index contributed by atoms with van der Waals surface area (Å²) in [4.78, 5) is 11.9. The molecule has 14 heavy (non-hydrogen) atoms. The molecule has 1 aliphatic heterocycles. The summed E-state index contributed by atoms with van der Waals surface area (Å²) < 4.78 is 2.00. The van der Waals surface area contributed by atoms with Gasteiger partial charge >= 0.3 is 5.82 Å². The van der Waals surface area contributed by atoms with Crippen LogP contribution >= 0.6 is 0 Å². The lowest BCUT2D eigenvalue weighted by Crippen LogP contribution is -2.37. The van der Waals surface area contributed by atoms with Crippen LogP contribution in [-0.4, -0.2) is 42.3 Å². The highest BCUT2D eigenvalue weighted by molar-refractivity contribution is 5.63. The van der Waals surface area contributed by atoms with E-state index in [4.69, 9.17) is 0 Å². The van der Waals surface area contributed by atoms with Gasteiger partial charge in [-0.05, 0) is 14.1 Å². The zero-order valence-electron chi connectivity index (χ0n) is 9.02. The van der Waals surface area contributed by atoms with Crippen LogP contribution in [0.3, 0.4) is 0 Å². The minimum Gasteiger partial charge on any atom is -0.329 e. The molecule has 76 valence electrons. The molecule has 5 nitrogen and oxygen atoms in total. The average Bonchev–Trinajstić information content (AvgIpc) is 2.47. The third-order valence-corrected chi connectivity index (χ3v) is 2.48. The predicted molar refractivity (Wildman–Crippen MR) is 54.3 cm³/mol. The Balaban J connectivity index is 2.48. The standard InChI is InChI=1S/C9H15N5/c1-12(2)9-7-8(11-6-14(9)4)13(3)5-10-7/h5-6,9H,1-4H3/p+1. The lowest BCUT2D eigenvalue weighted by molar-refractivity contribution is -0.657. The SMILES string of the molecule is CN(C)C1c2[nH]c[n+](C)c2N=CN1C. The van der Waals surface area contributed by atoms with E-state index in [0.29, 0.717) is 0 Å². The summed E-state index contributed by atoms with van der Waals surface area (Å²) in [7, 11) is 8.14. The molecule has 0 aromatic carbocycles. The maximum absolute atomic E-state index is 4.37. The number of imidazole rings is 1. The van der Waals surface area contributed by atoms with Crippen molar-refractivity contribution in [2.24, 2.45) is 12.0 Å². The molecule has 0 saturated heterocycles. The predicted octanol–water partition coefficient (Wildman–Crippen LogP) is 0.00460. The summed E-state index contributed by atoms with van der Waals surface area (Å²) in [6, 6.07) is 0. The normalized spacial score (nSPS) is 20.4. The molecule has 1 aromatic heterocycles. The molecule has 2 heterocycles. The fraction of sp³-hybridized carbons (Fsp3) is 0.556. The molecule has 0 amide bonds. The first-order chi connectivity index (χ1) is 6.61. The highest BCUT2D eigenvalue weighted by atomic mass is 15.4. The number of rotatable bonds is 1. The van der Waals surface area contributed by atoms with Crippen LogP contribution in [0, 0.1) is 0 Å². The second kappa shape index (κ2) is 3.09. The van der Waals surface area contributed by atoms with E-state index < -0.39 is 0 Å². The second-order valence-corrected chi connectivity index (χ2v) is 3.87. The monoisotopic (exact) mass is 194 g/mol. The van der Waals surface area contributed by atoms with Crippen molar-refractivity contribution in [3.63, 3.8) is 0 Å². The topological polar surface area (TPSA) is 38.5 Å². The number of H-pyrrole nitrogens is 1. The van der Waals surface area contributed by atoms with Crippen molar-refractivity contribution >= 4 is 12.2 Å². The molecule has 0 bridgehead atoms. The number of hydrogen-bond donors (Lipinski definition) is 1. The number of hydrogen-bond acceptors (Lipinski definition) is 3. The van der Waals surface area contributed by atoms with E-state index in [1.54, 1.807) is 0 Å². The lowest BCUT2D eigenvalue weighted by Gasteiger charge is -2.30. The minimum atomic E-state index is 0.240. The van der Waals surface area contributed by atoms with Gasteiger partial charge in [0, 0.05) is 7.05 Å². The number of aromatic nitrogens is 2. The Morgan fingerprint density at radius 1 is 1.57 bits per heavy atom. The Bertz CT molecular complexity index is 365. The third kappa shape index (κ3) is 1.21. The van der Waals surface area contributed by atoms with Gasteiger partial charge in [-0.25, -0.2) is 4.57 Å². The first-order valence-electron chi connectivity index (χ1n) is 4.60. The smallest absolute Gasteiger partial charge is 0.302 e. The van der Waals surface area contributed by atoms with Gasteiger partial charge in [-0.3, -0.25) is 9.88 Å². The summed E-state index contributed by atoms with van der Waals surface area (Å²) in [5, 5.41) is 0. The summed E-state index contributed by atoms with van der Waals surface area (Å²) in [6.45, 7) is 0. The molecule has 0 radical (unpaired) electrons. The van der Waals surface area contributed by atoms with Gasteiger partial charge in [-0.2, -0.15) is 0 Å². The van der Waals surface area contributed by atoms with Crippen molar-refractivity contribution in [1.82, 2.24) is 14.8 Å². The zero-order chi connectivity index (χ0) is 10.3. The number of fused-ring (bicyclic) bond motifs is 1. The second-order valence-electron chi connectivity index (χ2n) is 3.87. The van der Waals surface area contributed by atoms with Gasteiger partial charge < -0.3 is 4.90 Å².